The van der Waals surface area contributed by atoms with Crippen LogP contribution >= 0.6 is 0 Å². The SMILES string of the molecule is CCOC(=O)c1c(C)cc2c(/C=N/N)n[nH]c(=O)c2c1C. The first-order valence-electron chi connectivity index (χ1n) is 6.44. The minimum absolute atomic E-state index is 0.271. The second kappa shape index (κ2) is 5.74. The van der Waals surface area contributed by atoms with Gasteiger partial charge in [-0.15, -0.1) is 0 Å². The fraction of sp³-hybridized carbons (Fsp3) is 0.286. The number of aromatic amines is 1. The summed E-state index contributed by atoms with van der Waals surface area (Å²) in [7, 11) is 0. The van der Waals surface area contributed by atoms with E-state index in [9.17, 15) is 9.59 Å². The minimum Gasteiger partial charge on any atom is -0.462 e. The van der Waals surface area contributed by atoms with Crippen LogP contribution in [0.2, 0.25) is 0 Å². The number of hydrogen-bond acceptors (Lipinski definition) is 6. The van der Waals surface area contributed by atoms with Gasteiger partial charge in [-0.05, 0) is 38.0 Å². The average Bonchev–Trinajstić information content (AvgIpc) is 2.42. The van der Waals surface area contributed by atoms with Crippen LogP contribution < -0.4 is 11.4 Å². The van der Waals surface area contributed by atoms with Crippen LogP contribution in [0, 0.1) is 13.8 Å². The van der Waals surface area contributed by atoms with E-state index in [0.29, 0.717) is 33.2 Å². The second-order valence-electron chi connectivity index (χ2n) is 4.55. The number of hydrogen-bond donors (Lipinski definition) is 2. The zero-order chi connectivity index (χ0) is 15.6. The summed E-state index contributed by atoms with van der Waals surface area (Å²) >= 11 is 0. The number of H-pyrrole nitrogens is 1. The smallest absolute Gasteiger partial charge is 0.338 e. The largest absolute Gasteiger partial charge is 0.462 e. The highest BCUT2D eigenvalue weighted by Gasteiger charge is 2.19. The van der Waals surface area contributed by atoms with Gasteiger partial charge in [-0.3, -0.25) is 4.79 Å². The molecular weight excluding hydrogens is 272 g/mol. The Balaban J connectivity index is 2.87. The van der Waals surface area contributed by atoms with E-state index < -0.39 is 5.97 Å². The maximum atomic E-state index is 12.1. The monoisotopic (exact) mass is 288 g/mol. The Labute approximate surface area is 120 Å². The van der Waals surface area contributed by atoms with Crippen molar-refractivity contribution in [2.75, 3.05) is 6.61 Å². The number of fused-ring (bicyclic) bond motifs is 1. The van der Waals surface area contributed by atoms with Crippen LogP contribution in [0.25, 0.3) is 10.8 Å². The molecule has 0 unspecified atom stereocenters. The number of aryl methyl sites for hydroxylation is 2. The molecule has 2 rings (SSSR count). The third kappa shape index (κ3) is 2.49. The van der Waals surface area contributed by atoms with Crippen LogP contribution in [-0.4, -0.2) is 29.0 Å². The molecule has 0 bridgehead atoms. The van der Waals surface area contributed by atoms with Crippen LogP contribution in [0.1, 0.15) is 34.1 Å². The number of hydrazone groups is 1. The van der Waals surface area contributed by atoms with E-state index in [1.165, 1.54) is 6.21 Å². The molecule has 3 N–H and O–H groups in total. The molecule has 1 aromatic carbocycles. The van der Waals surface area contributed by atoms with E-state index in [0.717, 1.165) is 0 Å². The van der Waals surface area contributed by atoms with Crippen LogP contribution in [0.15, 0.2) is 16.0 Å². The van der Waals surface area contributed by atoms with Crippen molar-refractivity contribution in [3.63, 3.8) is 0 Å². The number of esters is 1. The molecule has 0 aliphatic carbocycles. The minimum atomic E-state index is -0.445. The van der Waals surface area contributed by atoms with Crippen LogP contribution in [0.4, 0.5) is 0 Å². The lowest BCUT2D eigenvalue weighted by Gasteiger charge is -2.12. The molecule has 0 spiro atoms. The maximum Gasteiger partial charge on any atom is 0.338 e. The lowest BCUT2D eigenvalue weighted by molar-refractivity contribution is 0.0525. The first-order valence-corrected chi connectivity index (χ1v) is 6.44. The highest BCUT2D eigenvalue weighted by molar-refractivity contribution is 6.04. The molecule has 7 heteroatoms. The number of ether oxygens (including phenoxy) is 1. The van der Waals surface area contributed by atoms with Crippen molar-refractivity contribution in [1.82, 2.24) is 10.2 Å². The van der Waals surface area contributed by atoms with Crippen molar-refractivity contribution in [3.05, 3.63) is 38.8 Å². The van der Waals surface area contributed by atoms with Gasteiger partial charge in [-0.25, -0.2) is 9.89 Å². The van der Waals surface area contributed by atoms with Gasteiger partial charge in [0.2, 0.25) is 0 Å². The molecule has 0 amide bonds. The number of benzene rings is 1. The summed E-state index contributed by atoms with van der Waals surface area (Å²) in [6, 6.07) is 1.72. The van der Waals surface area contributed by atoms with Crippen LogP contribution in [0.5, 0.6) is 0 Å². The number of nitrogens with two attached hydrogens (primary N) is 1. The van der Waals surface area contributed by atoms with Crippen molar-refractivity contribution in [2.24, 2.45) is 10.9 Å². The van der Waals surface area contributed by atoms with Crippen molar-refractivity contribution in [1.29, 1.82) is 0 Å². The van der Waals surface area contributed by atoms with Gasteiger partial charge < -0.3 is 10.6 Å². The predicted octanol–water partition coefficient (Wildman–Crippen LogP) is 1.01. The van der Waals surface area contributed by atoms with E-state index in [1.54, 1.807) is 26.8 Å². The molecule has 0 atom stereocenters. The topological polar surface area (TPSA) is 110 Å². The number of carbonyl (C=O) groups excluding carboxylic acids is 1. The second-order valence-corrected chi connectivity index (χ2v) is 4.55. The molecule has 0 aliphatic heterocycles. The zero-order valence-corrected chi connectivity index (χ0v) is 12.1. The van der Waals surface area contributed by atoms with Gasteiger partial charge in [0.05, 0.1) is 23.8 Å². The highest BCUT2D eigenvalue weighted by atomic mass is 16.5. The third-order valence-corrected chi connectivity index (χ3v) is 3.23. The van der Waals surface area contributed by atoms with E-state index in [-0.39, 0.29) is 12.2 Å². The molecule has 1 heterocycles. The van der Waals surface area contributed by atoms with Crippen LogP contribution in [-0.2, 0) is 4.74 Å². The van der Waals surface area contributed by atoms with Crippen molar-refractivity contribution in [3.8, 4) is 0 Å². The van der Waals surface area contributed by atoms with Gasteiger partial charge >= 0.3 is 5.97 Å². The summed E-state index contributed by atoms with van der Waals surface area (Å²) in [6.45, 7) is 5.49. The normalized spacial score (nSPS) is 11.2. The summed E-state index contributed by atoms with van der Waals surface area (Å²) in [5.41, 5.74) is 1.73. The Morgan fingerprint density at radius 1 is 1.52 bits per heavy atom. The summed E-state index contributed by atoms with van der Waals surface area (Å²) in [5, 5.41) is 10.7. The quantitative estimate of drug-likeness (QED) is 0.379. The number of nitrogens with one attached hydrogen (secondary N) is 1. The molecule has 0 saturated carbocycles. The van der Waals surface area contributed by atoms with E-state index in [1.807, 2.05) is 0 Å². The lowest BCUT2D eigenvalue weighted by atomic mass is 9.96. The van der Waals surface area contributed by atoms with Gasteiger partial charge in [0.25, 0.3) is 5.56 Å². The first-order chi connectivity index (χ1) is 10.0. The highest BCUT2D eigenvalue weighted by Crippen LogP contribution is 2.24. The van der Waals surface area contributed by atoms with E-state index >= 15 is 0 Å². The summed E-state index contributed by atoms with van der Waals surface area (Å²) in [4.78, 5) is 24.1. The van der Waals surface area contributed by atoms with E-state index in [2.05, 4.69) is 15.3 Å². The Hall–Kier alpha value is -2.70. The van der Waals surface area contributed by atoms with E-state index in [4.69, 9.17) is 10.6 Å². The average molecular weight is 288 g/mol. The van der Waals surface area contributed by atoms with Crippen molar-refractivity contribution in [2.45, 2.75) is 20.8 Å². The van der Waals surface area contributed by atoms with Crippen LogP contribution in [0.3, 0.4) is 0 Å². The molecule has 7 nitrogen and oxygen atoms in total. The van der Waals surface area contributed by atoms with Gasteiger partial charge in [-0.2, -0.15) is 10.2 Å². The Morgan fingerprint density at radius 3 is 2.86 bits per heavy atom. The number of carbonyl (C=O) groups is 1. The number of nitrogens with zero attached hydrogens (tertiary/aromatic N) is 2. The Kier molecular flexibility index (Phi) is 4.02. The maximum absolute atomic E-state index is 12.1. The molecule has 0 aliphatic rings. The molecule has 0 saturated heterocycles. The molecular formula is C14H16N4O3. The predicted molar refractivity (Wildman–Crippen MR) is 79.6 cm³/mol. The molecule has 0 fully saturated rings. The van der Waals surface area contributed by atoms with Gasteiger partial charge in [-0.1, -0.05) is 0 Å². The summed E-state index contributed by atoms with van der Waals surface area (Å²) in [5.74, 6) is 4.70. The van der Waals surface area contributed by atoms with Gasteiger partial charge in [0.15, 0.2) is 0 Å². The fourth-order valence-electron chi connectivity index (χ4n) is 2.39. The first kappa shape index (κ1) is 14.7. The third-order valence-electron chi connectivity index (χ3n) is 3.23. The molecule has 21 heavy (non-hydrogen) atoms. The molecule has 0 radical (unpaired) electrons. The van der Waals surface area contributed by atoms with Gasteiger partial charge in [0, 0.05) is 5.39 Å². The number of rotatable bonds is 3. The van der Waals surface area contributed by atoms with Crippen molar-refractivity contribution < 1.29 is 9.53 Å². The van der Waals surface area contributed by atoms with Gasteiger partial charge in [0.1, 0.15) is 5.69 Å². The van der Waals surface area contributed by atoms with Crippen molar-refractivity contribution >= 4 is 23.0 Å². The standard InChI is InChI=1S/C14H16N4O3/c1-4-21-14(20)11-7(2)5-9-10(6-16-15)17-18-13(19)12(9)8(11)3/h5-6H,4,15H2,1-3H3,(H,18,19)/b16-6+. The number of aromatic nitrogens is 2. The molecule has 2 aromatic rings. The molecule has 110 valence electrons. The molecule has 1 aromatic heterocycles. The lowest BCUT2D eigenvalue weighted by Crippen LogP contribution is -2.16. The summed E-state index contributed by atoms with van der Waals surface area (Å²) < 4.78 is 5.04. The Bertz CT molecular complexity index is 793. The zero-order valence-electron chi connectivity index (χ0n) is 12.1. The summed E-state index contributed by atoms with van der Waals surface area (Å²) in [6.07, 6.45) is 1.35. The Morgan fingerprint density at radius 2 is 2.24 bits per heavy atom. The fourth-order valence-corrected chi connectivity index (χ4v) is 2.39.